The summed E-state index contributed by atoms with van der Waals surface area (Å²) in [6, 6.07) is 4.24. The molecule has 0 atom stereocenters. The second-order valence-corrected chi connectivity index (χ2v) is 4.42. The number of halogens is 4. The third-order valence-corrected chi connectivity index (χ3v) is 2.85. The molecule has 0 spiro atoms. The number of alkyl halides is 3. The summed E-state index contributed by atoms with van der Waals surface area (Å²) in [4.78, 5) is 15.5. The van der Waals surface area contributed by atoms with E-state index in [4.69, 9.17) is 11.6 Å². The van der Waals surface area contributed by atoms with E-state index in [1.807, 2.05) is 0 Å². The van der Waals surface area contributed by atoms with Gasteiger partial charge in [-0.05, 0) is 19.1 Å². The highest BCUT2D eigenvalue weighted by atomic mass is 35.5. The predicted molar refractivity (Wildman–Crippen MR) is 69.4 cm³/mol. The fraction of sp³-hybridized carbons (Fsp3) is 0.333. The fourth-order valence-electron chi connectivity index (χ4n) is 1.86. The van der Waals surface area contributed by atoms with Gasteiger partial charge < -0.3 is 4.74 Å². The summed E-state index contributed by atoms with van der Waals surface area (Å²) in [5.41, 5.74) is 0.826. The molecule has 0 unspecified atom stereocenters. The van der Waals surface area contributed by atoms with Crippen molar-refractivity contribution in [3.63, 3.8) is 0 Å². The molecular formula is C12H11ClF3N3O2. The lowest BCUT2D eigenvalue weighted by Gasteiger charge is -2.22. The molecule has 114 valence electrons. The number of nitrogens with zero attached hydrogens (tertiary/aromatic N) is 2. The number of anilines is 1. The molecule has 2 rings (SSSR count). The summed E-state index contributed by atoms with van der Waals surface area (Å²) < 4.78 is 44.4. The first-order valence-electron chi connectivity index (χ1n) is 5.98. The molecule has 1 aromatic heterocycles. The number of ether oxygens (including phenoxy) is 1. The minimum Gasteiger partial charge on any atom is -0.463 e. The van der Waals surface area contributed by atoms with Crippen LogP contribution < -0.4 is 10.4 Å². The molecule has 0 fully saturated rings. The Balaban J connectivity index is 2.46. The molecule has 1 N–H and O–H groups in total. The minimum absolute atomic E-state index is 0.0110. The van der Waals surface area contributed by atoms with Crippen molar-refractivity contribution >= 4 is 23.4 Å². The second kappa shape index (κ2) is 5.90. The van der Waals surface area contributed by atoms with Crippen LogP contribution in [-0.2, 0) is 9.53 Å². The van der Waals surface area contributed by atoms with Gasteiger partial charge in [-0.25, -0.2) is 15.2 Å². The Morgan fingerprint density at radius 3 is 2.81 bits per heavy atom. The summed E-state index contributed by atoms with van der Waals surface area (Å²) in [7, 11) is 0. The highest BCUT2D eigenvalue weighted by Crippen LogP contribution is 2.36. The van der Waals surface area contributed by atoms with Crippen LogP contribution in [0, 0.1) is 0 Å². The first kappa shape index (κ1) is 15.6. The summed E-state index contributed by atoms with van der Waals surface area (Å²) in [6.45, 7) is 1.20. The molecule has 5 nitrogen and oxygen atoms in total. The monoisotopic (exact) mass is 321 g/mol. The topological polar surface area (TPSA) is 54.5 Å². The van der Waals surface area contributed by atoms with Gasteiger partial charge in [-0.3, -0.25) is 5.01 Å². The normalized spacial score (nSPS) is 15.6. The molecule has 0 aromatic carbocycles. The Hall–Kier alpha value is -1.80. The minimum atomic E-state index is -4.74. The Kier molecular flexibility index (Phi) is 4.38. The molecule has 21 heavy (non-hydrogen) atoms. The molecule has 9 heteroatoms. The number of nitrogens with one attached hydrogen (secondary N) is 1. The van der Waals surface area contributed by atoms with Crippen molar-refractivity contribution in [3.05, 3.63) is 34.6 Å². The van der Waals surface area contributed by atoms with Crippen LogP contribution in [-0.4, -0.2) is 30.3 Å². The number of allylic oxidation sites excluding steroid dienone is 1. The van der Waals surface area contributed by atoms with E-state index < -0.39 is 23.4 Å². The first-order chi connectivity index (χ1) is 9.84. The largest absolute Gasteiger partial charge is 0.463 e. The summed E-state index contributed by atoms with van der Waals surface area (Å²) in [5, 5.41) is 0.735. The van der Waals surface area contributed by atoms with E-state index >= 15 is 0 Å². The number of esters is 1. The lowest BCUT2D eigenvalue weighted by molar-refractivity contribution is -0.139. The van der Waals surface area contributed by atoms with Crippen LogP contribution in [0.1, 0.15) is 6.92 Å². The van der Waals surface area contributed by atoms with Gasteiger partial charge in [-0.15, -0.1) is 0 Å². The van der Waals surface area contributed by atoms with Gasteiger partial charge in [0.15, 0.2) is 5.70 Å². The zero-order valence-corrected chi connectivity index (χ0v) is 11.6. The number of carbonyl (C=O) groups is 1. The van der Waals surface area contributed by atoms with Crippen molar-refractivity contribution in [1.82, 2.24) is 10.4 Å². The van der Waals surface area contributed by atoms with Gasteiger partial charge in [-0.2, -0.15) is 13.2 Å². The highest BCUT2D eigenvalue weighted by Gasteiger charge is 2.46. The van der Waals surface area contributed by atoms with Gasteiger partial charge in [0.2, 0.25) is 0 Å². The highest BCUT2D eigenvalue weighted by molar-refractivity contribution is 6.29. The van der Waals surface area contributed by atoms with Crippen LogP contribution in [0.4, 0.5) is 19.0 Å². The quantitative estimate of drug-likeness (QED) is 0.684. The van der Waals surface area contributed by atoms with Crippen LogP contribution in [0.5, 0.6) is 0 Å². The molecule has 1 aliphatic heterocycles. The van der Waals surface area contributed by atoms with E-state index in [9.17, 15) is 18.0 Å². The van der Waals surface area contributed by atoms with E-state index in [0.29, 0.717) is 5.01 Å². The third-order valence-electron chi connectivity index (χ3n) is 2.64. The van der Waals surface area contributed by atoms with Gasteiger partial charge in [0, 0.05) is 6.54 Å². The van der Waals surface area contributed by atoms with Crippen LogP contribution in [0.15, 0.2) is 29.5 Å². The number of hydrogen-bond donors (Lipinski definition) is 1. The number of rotatable bonds is 3. The number of carbonyl (C=O) groups excluding carboxylic acids is 1. The van der Waals surface area contributed by atoms with Crippen molar-refractivity contribution in [1.29, 1.82) is 0 Å². The van der Waals surface area contributed by atoms with Crippen molar-refractivity contribution in [2.45, 2.75) is 13.1 Å². The van der Waals surface area contributed by atoms with E-state index in [1.165, 1.54) is 25.1 Å². The van der Waals surface area contributed by atoms with Gasteiger partial charge >= 0.3 is 12.1 Å². The maximum Gasteiger partial charge on any atom is 0.433 e. The number of hydrogen-bond acceptors (Lipinski definition) is 5. The molecule has 0 saturated heterocycles. The zero-order valence-electron chi connectivity index (χ0n) is 10.9. The Morgan fingerprint density at radius 2 is 2.24 bits per heavy atom. The third kappa shape index (κ3) is 3.27. The fourth-order valence-corrected chi connectivity index (χ4v) is 2.02. The average molecular weight is 322 g/mol. The van der Waals surface area contributed by atoms with Crippen LogP contribution in [0.2, 0.25) is 5.15 Å². The van der Waals surface area contributed by atoms with Crippen molar-refractivity contribution in [3.8, 4) is 0 Å². The molecular weight excluding hydrogens is 311 g/mol. The van der Waals surface area contributed by atoms with E-state index in [1.54, 1.807) is 0 Å². The lowest BCUT2D eigenvalue weighted by Crippen LogP contribution is -2.37. The SMILES string of the molecule is CCOC(=O)C1=C(C(F)(F)F)N(c2cccc(Cl)n2)NC1. The number of aromatic nitrogens is 1. The molecule has 0 amide bonds. The lowest BCUT2D eigenvalue weighted by atomic mass is 10.2. The summed E-state index contributed by atoms with van der Waals surface area (Å²) >= 11 is 5.68. The first-order valence-corrected chi connectivity index (χ1v) is 6.36. The van der Waals surface area contributed by atoms with Crippen LogP contribution >= 0.6 is 11.6 Å². The Labute approximate surface area is 123 Å². The van der Waals surface area contributed by atoms with E-state index in [2.05, 4.69) is 15.1 Å². The van der Waals surface area contributed by atoms with Crippen molar-refractivity contribution in [2.24, 2.45) is 0 Å². The van der Waals surface area contributed by atoms with Gasteiger partial charge in [0.05, 0.1) is 12.2 Å². The van der Waals surface area contributed by atoms with Crippen molar-refractivity contribution in [2.75, 3.05) is 18.2 Å². The molecule has 0 radical (unpaired) electrons. The average Bonchev–Trinajstić information content (AvgIpc) is 2.83. The molecule has 0 saturated carbocycles. The zero-order chi connectivity index (χ0) is 15.6. The maximum atomic E-state index is 13.2. The van der Waals surface area contributed by atoms with E-state index in [0.717, 1.165) is 0 Å². The summed E-state index contributed by atoms with van der Waals surface area (Å²) in [6.07, 6.45) is -4.74. The summed E-state index contributed by atoms with van der Waals surface area (Å²) in [5.74, 6) is -1.07. The molecule has 1 aromatic rings. The van der Waals surface area contributed by atoms with Crippen LogP contribution in [0.25, 0.3) is 0 Å². The Morgan fingerprint density at radius 1 is 1.52 bits per heavy atom. The molecule has 1 aliphatic rings. The maximum absolute atomic E-state index is 13.2. The van der Waals surface area contributed by atoms with Gasteiger partial charge in [0.25, 0.3) is 0 Å². The molecule has 0 bridgehead atoms. The van der Waals surface area contributed by atoms with Gasteiger partial charge in [0.1, 0.15) is 11.0 Å². The Bertz CT molecular complexity index is 589. The smallest absolute Gasteiger partial charge is 0.433 e. The second-order valence-electron chi connectivity index (χ2n) is 4.03. The number of pyridine rings is 1. The van der Waals surface area contributed by atoms with Crippen molar-refractivity contribution < 1.29 is 22.7 Å². The van der Waals surface area contributed by atoms with Crippen LogP contribution in [0.3, 0.4) is 0 Å². The standard InChI is InChI=1S/C12H11ClF3N3O2/c1-2-21-11(20)7-6-17-19(10(7)12(14,15)16)9-5-3-4-8(13)18-9/h3-5,17H,2,6H2,1H3. The predicted octanol–water partition coefficient (Wildman–Crippen LogP) is 2.44. The van der Waals surface area contributed by atoms with Gasteiger partial charge in [-0.1, -0.05) is 17.7 Å². The van der Waals surface area contributed by atoms with E-state index in [-0.39, 0.29) is 24.1 Å². The molecule has 2 heterocycles. The molecule has 0 aliphatic carbocycles. The number of hydrazine groups is 1.